The van der Waals surface area contributed by atoms with Gasteiger partial charge in [-0.2, -0.15) is 0 Å². The van der Waals surface area contributed by atoms with E-state index in [0.29, 0.717) is 18.1 Å². The van der Waals surface area contributed by atoms with E-state index in [1.165, 1.54) is 0 Å². The van der Waals surface area contributed by atoms with Crippen molar-refractivity contribution >= 4 is 5.91 Å². The van der Waals surface area contributed by atoms with Gasteiger partial charge >= 0.3 is 0 Å². The lowest BCUT2D eigenvalue weighted by atomic mass is 9.96. The van der Waals surface area contributed by atoms with Crippen molar-refractivity contribution in [3.8, 4) is 0 Å². The van der Waals surface area contributed by atoms with Crippen LogP contribution in [0, 0.1) is 6.92 Å². The molecule has 0 saturated carbocycles. The summed E-state index contributed by atoms with van der Waals surface area (Å²) >= 11 is 0. The molecule has 2 aromatic rings. The Morgan fingerprint density at radius 3 is 2.90 bits per heavy atom. The standard InChI is InChI=1S/C15H17N3O3/c1-10-9-13(18-21-10)15(19)17-12-3-2-8-20-14(12)11-4-6-16-7-5-11/h4-7,9,12,14H,2-3,8H2,1H3,(H,17,19)/t12-,14+/m0/s1. The van der Waals surface area contributed by atoms with Crippen LogP contribution in [0.3, 0.4) is 0 Å². The highest BCUT2D eigenvalue weighted by Gasteiger charge is 2.29. The van der Waals surface area contributed by atoms with Crippen LogP contribution in [0.4, 0.5) is 0 Å². The fraction of sp³-hybridized carbons (Fsp3) is 0.400. The zero-order valence-electron chi connectivity index (χ0n) is 11.8. The summed E-state index contributed by atoms with van der Waals surface area (Å²) in [6.07, 6.45) is 5.10. The first-order valence-electron chi connectivity index (χ1n) is 7.00. The third kappa shape index (κ3) is 3.11. The summed E-state index contributed by atoms with van der Waals surface area (Å²) in [6.45, 7) is 2.45. The van der Waals surface area contributed by atoms with E-state index in [0.717, 1.165) is 18.4 Å². The number of nitrogens with zero attached hydrogens (tertiary/aromatic N) is 2. The highest BCUT2D eigenvalue weighted by molar-refractivity contribution is 5.92. The van der Waals surface area contributed by atoms with E-state index in [2.05, 4.69) is 15.5 Å². The topological polar surface area (TPSA) is 77.2 Å². The van der Waals surface area contributed by atoms with Gasteiger partial charge in [0.2, 0.25) is 0 Å². The van der Waals surface area contributed by atoms with Crippen LogP contribution in [-0.2, 0) is 4.74 Å². The monoisotopic (exact) mass is 287 g/mol. The number of amides is 1. The minimum atomic E-state index is -0.235. The van der Waals surface area contributed by atoms with Crippen LogP contribution in [0.25, 0.3) is 0 Å². The molecule has 1 amide bonds. The molecule has 6 heteroatoms. The zero-order valence-corrected chi connectivity index (χ0v) is 11.8. The SMILES string of the molecule is Cc1cc(C(=O)N[C@H]2CCCO[C@@H]2c2ccncc2)no1. The fourth-order valence-electron chi connectivity index (χ4n) is 2.53. The largest absolute Gasteiger partial charge is 0.371 e. The third-order valence-corrected chi connectivity index (χ3v) is 3.53. The van der Waals surface area contributed by atoms with Crippen molar-refractivity contribution in [2.24, 2.45) is 0 Å². The Bertz CT molecular complexity index is 612. The molecule has 1 N–H and O–H groups in total. The van der Waals surface area contributed by atoms with Gasteiger partial charge in [-0.15, -0.1) is 0 Å². The normalized spacial score (nSPS) is 22.0. The van der Waals surface area contributed by atoms with Crippen molar-refractivity contribution in [2.75, 3.05) is 6.61 Å². The van der Waals surface area contributed by atoms with Gasteiger partial charge in [0.15, 0.2) is 5.69 Å². The summed E-state index contributed by atoms with van der Waals surface area (Å²) in [5.74, 6) is 0.382. The lowest BCUT2D eigenvalue weighted by Crippen LogP contribution is -2.42. The van der Waals surface area contributed by atoms with Gasteiger partial charge in [0.05, 0.1) is 6.04 Å². The zero-order chi connectivity index (χ0) is 14.7. The van der Waals surface area contributed by atoms with Crippen molar-refractivity contribution in [1.82, 2.24) is 15.5 Å². The molecule has 1 fully saturated rings. The van der Waals surface area contributed by atoms with E-state index >= 15 is 0 Å². The number of hydrogen-bond acceptors (Lipinski definition) is 5. The second kappa shape index (κ2) is 6.05. The molecule has 0 spiro atoms. The Morgan fingerprint density at radius 1 is 1.38 bits per heavy atom. The number of aryl methyl sites for hydroxylation is 1. The summed E-state index contributed by atoms with van der Waals surface area (Å²) in [7, 11) is 0. The molecule has 110 valence electrons. The molecule has 2 aromatic heterocycles. The highest BCUT2D eigenvalue weighted by Crippen LogP contribution is 2.28. The Balaban J connectivity index is 1.74. The van der Waals surface area contributed by atoms with E-state index in [1.54, 1.807) is 25.4 Å². The summed E-state index contributed by atoms with van der Waals surface area (Å²) in [5, 5.41) is 6.73. The van der Waals surface area contributed by atoms with Crippen LogP contribution in [0.15, 0.2) is 35.1 Å². The number of carbonyl (C=O) groups excluding carboxylic acids is 1. The molecular weight excluding hydrogens is 270 g/mol. The van der Waals surface area contributed by atoms with E-state index in [4.69, 9.17) is 9.26 Å². The van der Waals surface area contributed by atoms with Gasteiger partial charge in [0.1, 0.15) is 11.9 Å². The second-order valence-corrected chi connectivity index (χ2v) is 5.12. The third-order valence-electron chi connectivity index (χ3n) is 3.53. The molecule has 0 radical (unpaired) electrons. The number of ether oxygens (including phenoxy) is 1. The quantitative estimate of drug-likeness (QED) is 0.934. The van der Waals surface area contributed by atoms with Gasteiger partial charge in [0.25, 0.3) is 5.91 Å². The van der Waals surface area contributed by atoms with Gasteiger partial charge in [0, 0.05) is 25.1 Å². The predicted molar refractivity (Wildman–Crippen MR) is 74.7 cm³/mol. The van der Waals surface area contributed by atoms with Crippen LogP contribution in [-0.4, -0.2) is 28.7 Å². The van der Waals surface area contributed by atoms with Crippen LogP contribution in [0.2, 0.25) is 0 Å². The maximum absolute atomic E-state index is 12.2. The molecular formula is C15H17N3O3. The lowest BCUT2D eigenvalue weighted by Gasteiger charge is -2.32. The molecule has 0 unspecified atom stereocenters. The minimum Gasteiger partial charge on any atom is -0.371 e. The fourth-order valence-corrected chi connectivity index (χ4v) is 2.53. The predicted octanol–water partition coefficient (Wildman–Crippen LogP) is 2.03. The number of pyridine rings is 1. The lowest BCUT2D eigenvalue weighted by molar-refractivity contribution is -0.00958. The molecule has 3 rings (SSSR count). The van der Waals surface area contributed by atoms with Crippen LogP contribution in [0.5, 0.6) is 0 Å². The van der Waals surface area contributed by atoms with Crippen molar-refractivity contribution < 1.29 is 14.1 Å². The van der Waals surface area contributed by atoms with Gasteiger partial charge < -0.3 is 14.6 Å². The molecule has 0 bridgehead atoms. The number of carbonyl (C=O) groups is 1. The minimum absolute atomic E-state index is 0.0781. The smallest absolute Gasteiger partial charge is 0.273 e. The molecule has 1 aliphatic rings. The Morgan fingerprint density at radius 2 is 2.19 bits per heavy atom. The van der Waals surface area contributed by atoms with Crippen LogP contribution in [0.1, 0.15) is 40.8 Å². The van der Waals surface area contributed by atoms with Gasteiger partial charge in [-0.05, 0) is 37.5 Å². The molecule has 0 aliphatic carbocycles. The molecule has 1 aliphatic heterocycles. The van der Waals surface area contributed by atoms with E-state index in [9.17, 15) is 4.79 Å². The Kier molecular flexibility index (Phi) is 3.96. The Hall–Kier alpha value is -2.21. The first-order valence-corrected chi connectivity index (χ1v) is 7.00. The number of hydrogen-bond donors (Lipinski definition) is 1. The highest BCUT2D eigenvalue weighted by atomic mass is 16.5. The van der Waals surface area contributed by atoms with Gasteiger partial charge in [-0.1, -0.05) is 5.16 Å². The number of nitrogens with one attached hydrogen (secondary N) is 1. The first-order chi connectivity index (χ1) is 10.2. The van der Waals surface area contributed by atoms with Crippen molar-refractivity contribution in [3.63, 3.8) is 0 Å². The summed E-state index contributed by atoms with van der Waals surface area (Å²) in [6, 6.07) is 5.37. The average Bonchev–Trinajstić information content (AvgIpc) is 2.95. The average molecular weight is 287 g/mol. The summed E-state index contributed by atoms with van der Waals surface area (Å²) in [4.78, 5) is 16.2. The molecule has 0 aromatic carbocycles. The maximum Gasteiger partial charge on any atom is 0.273 e. The molecule has 21 heavy (non-hydrogen) atoms. The van der Waals surface area contributed by atoms with Crippen molar-refractivity contribution in [3.05, 3.63) is 47.6 Å². The molecule has 6 nitrogen and oxygen atoms in total. The van der Waals surface area contributed by atoms with E-state index in [1.807, 2.05) is 12.1 Å². The van der Waals surface area contributed by atoms with E-state index in [-0.39, 0.29) is 18.1 Å². The number of rotatable bonds is 3. The van der Waals surface area contributed by atoms with Gasteiger partial charge in [-0.3, -0.25) is 9.78 Å². The summed E-state index contributed by atoms with van der Waals surface area (Å²) < 4.78 is 10.8. The van der Waals surface area contributed by atoms with E-state index < -0.39 is 0 Å². The van der Waals surface area contributed by atoms with Crippen LogP contribution < -0.4 is 5.32 Å². The first kappa shape index (κ1) is 13.8. The maximum atomic E-state index is 12.2. The van der Waals surface area contributed by atoms with Crippen molar-refractivity contribution in [1.29, 1.82) is 0 Å². The molecule has 3 heterocycles. The van der Waals surface area contributed by atoms with Crippen molar-refractivity contribution in [2.45, 2.75) is 31.9 Å². The van der Waals surface area contributed by atoms with Gasteiger partial charge in [-0.25, -0.2) is 0 Å². The number of aromatic nitrogens is 2. The second-order valence-electron chi connectivity index (χ2n) is 5.12. The molecule has 1 saturated heterocycles. The molecule has 2 atom stereocenters. The summed E-state index contributed by atoms with van der Waals surface area (Å²) in [5.41, 5.74) is 1.32. The van der Waals surface area contributed by atoms with Crippen LogP contribution >= 0.6 is 0 Å². The Labute approximate surface area is 122 Å².